The van der Waals surface area contributed by atoms with Gasteiger partial charge < -0.3 is 4.90 Å². The van der Waals surface area contributed by atoms with Crippen molar-refractivity contribution in [3.63, 3.8) is 0 Å². The maximum atomic E-state index is 13.7. The van der Waals surface area contributed by atoms with Gasteiger partial charge in [-0.3, -0.25) is 19.3 Å². The number of hydrogen-bond donors (Lipinski definition) is 1. The van der Waals surface area contributed by atoms with Gasteiger partial charge in [-0.2, -0.15) is 5.10 Å². The average molecular weight is 562 g/mol. The van der Waals surface area contributed by atoms with Crippen molar-refractivity contribution >= 4 is 33.6 Å². The van der Waals surface area contributed by atoms with Crippen LogP contribution in [-0.4, -0.2) is 41.5 Å². The Labute approximate surface area is 232 Å². The minimum Gasteiger partial charge on any atom is -0.312 e. The van der Waals surface area contributed by atoms with Crippen LogP contribution in [0.3, 0.4) is 0 Å². The lowest BCUT2D eigenvalue weighted by Crippen LogP contribution is -2.46. The summed E-state index contributed by atoms with van der Waals surface area (Å²) in [6.07, 6.45) is 7.84. The minimum absolute atomic E-state index is 0.104. The highest BCUT2D eigenvalue weighted by Gasteiger charge is 2.33. The summed E-state index contributed by atoms with van der Waals surface area (Å²) in [4.78, 5) is 32.4. The smallest absolute Gasteiger partial charge is 0.257 e. The number of carbonyl (C=O) groups excluding carboxylic acids is 2. The lowest BCUT2D eigenvalue weighted by atomic mass is 9.99. The summed E-state index contributed by atoms with van der Waals surface area (Å²) >= 11 is 0. The number of sulfonamides is 1. The van der Waals surface area contributed by atoms with Crippen LogP contribution in [0.15, 0.2) is 96.9 Å². The zero-order valence-corrected chi connectivity index (χ0v) is 22.5. The van der Waals surface area contributed by atoms with Gasteiger partial charge in [-0.1, -0.05) is 36.4 Å². The van der Waals surface area contributed by atoms with Gasteiger partial charge in [0.2, 0.25) is 11.8 Å². The first kappa shape index (κ1) is 28.4. The van der Waals surface area contributed by atoms with Crippen molar-refractivity contribution in [1.82, 2.24) is 19.5 Å². The Kier molecular flexibility index (Phi) is 9.18. The molecule has 0 aliphatic rings. The third kappa shape index (κ3) is 7.70. The van der Waals surface area contributed by atoms with E-state index in [9.17, 15) is 22.4 Å². The molecule has 1 N–H and O–H groups in total. The number of aromatic nitrogens is 3. The molecule has 0 aliphatic heterocycles. The van der Waals surface area contributed by atoms with Gasteiger partial charge in [0.15, 0.2) is 0 Å². The third-order valence-electron chi connectivity index (χ3n) is 6.01. The third-order valence-corrected chi connectivity index (χ3v) is 6.99. The molecule has 4 rings (SSSR count). The molecule has 1 unspecified atom stereocenters. The largest absolute Gasteiger partial charge is 0.312 e. The summed E-state index contributed by atoms with van der Waals surface area (Å²) in [6.45, 7) is 2.31. The van der Waals surface area contributed by atoms with Crippen LogP contribution >= 0.6 is 0 Å². The van der Waals surface area contributed by atoms with Gasteiger partial charge in [0, 0.05) is 30.8 Å². The molecule has 0 aliphatic carbocycles. The maximum absolute atomic E-state index is 13.7. The monoisotopic (exact) mass is 561 g/mol. The fourth-order valence-corrected chi connectivity index (χ4v) is 4.88. The van der Waals surface area contributed by atoms with Gasteiger partial charge in [-0.05, 0) is 66.4 Å². The van der Waals surface area contributed by atoms with E-state index >= 15 is 0 Å². The topological polar surface area (TPSA) is 114 Å². The van der Waals surface area contributed by atoms with E-state index in [1.165, 1.54) is 41.4 Å². The molecule has 0 bridgehead atoms. The second kappa shape index (κ2) is 12.9. The van der Waals surface area contributed by atoms with Crippen molar-refractivity contribution in [3.8, 4) is 0 Å². The van der Waals surface area contributed by atoms with Crippen molar-refractivity contribution in [2.24, 2.45) is 5.92 Å². The van der Waals surface area contributed by atoms with Crippen molar-refractivity contribution in [2.75, 3.05) is 11.4 Å². The van der Waals surface area contributed by atoms with Crippen LogP contribution < -0.4 is 9.62 Å². The number of rotatable bonds is 11. The summed E-state index contributed by atoms with van der Waals surface area (Å²) in [5.41, 5.74) is 2.48. The standard InChI is InChI=1S/C29H28FN5O4S/c1-2-35(26-12-10-25(30)11-13-26)29(37)27(17-24-19-32-34(21-24)20-23-9-6-15-31-18-23)28(36)33-40(38,39)16-14-22-7-4-3-5-8-22/h3-16,18-19,21,27H,2,17,20H2,1H3,(H,33,36)/b16-14+. The highest BCUT2D eigenvalue weighted by Crippen LogP contribution is 2.20. The summed E-state index contributed by atoms with van der Waals surface area (Å²) in [7, 11) is -4.22. The second-order valence-corrected chi connectivity index (χ2v) is 10.5. The van der Waals surface area contributed by atoms with Gasteiger partial charge in [0.05, 0.1) is 18.1 Å². The fraction of sp³-hybridized carbons (Fsp3) is 0.172. The van der Waals surface area contributed by atoms with Gasteiger partial charge in [0.25, 0.3) is 10.0 Å². The maximum Gasteiger partial charge on any atom is 0.257 e. The quantitative estimate of drug-likeness (QED) is 0.279. The van der Waals surface area contributed by atoms with Crippen LogP contribution in [0.25, 0.3) is 6.08 Å². The molecule has 11 heteroatoms. The van der Waals surface area contributed by atoms with E-state index in [0.717, 1.165) is 11.0 Å². The number of halogens is 1. The number of nitrogens with one attached hydrogen (secondary N) is 1. The van der Waals surface area contributed by atoms with Crippen LogP contribution in [0.4, 0.5) is 10.1 Å². The molecule has 0 fully saturated rings. The van der Waals surface area contributed by atoms with Crippen molar-refractivity contribution in [3.05, 3.63) is 119 Å². The first-order valence-corrected chi connectivity index (χ1v) is 14.1. The first-order valence-electron chi connectivity index (χ1n) is 12.5. The molecule has 2 heterocycles. The molecule has 0 saturated carbocycles. The molecule has 0 spiro atoms. The van der Waals surface area contributed by atoms with Crippen LogP contribution in [0.1, 0.15) is 23.6 Å². The molecular formula is C29H28FN5O4S. The van der Waals surface area contributed by atoms with Gasteiger partial charge in [0.1, 0.15) is 11.7 Å². The van der Waals surface area contributed by atoms with Crippen LogP contribution in [-0.2, 0) is 32.6 Å². The SMILES string of the molecule is CCN(C(=O)C(Cc1cnn(Cc2cccnc2)c1)C(=O)NS(=O)(=O)/C=C/c1ccccc1)c1ccc(F)cc1. The van der Waals surface area contributed by atoms with E-state index in [2.05, 4.69) is 10.1 Å². The number of amides is 2. The lowest BCUT2D eigenvalue weighted by molar-refractivity contribution is -0.132. The molecule has 0 saturated heterocycles. The lowest BCUT2D eigenvalue weighted by Gasteiger charge is -2.25. The van der Waals surface area contributed by atoms with E-state index in [1.807, 2.05) is 10.8 Å². The van der Waals surface area contributed by atoms with Gasteiger partial charge >= 0.3 is 0 Å². The van der Waals surface area contributed by atoms with E-state index in [1.54, 1.807) is 66.6 Å². The Hall–Kier alpha value is -4.64. The zero-order valence-electron chi connectivity index (χ0n) is 21.7. The molecular weight excluding hydrogens is 533 g/mol. The number of carbonyl (C=O) groups is 2. The normalized spacial score (nSPS) is 12.2. The Bertz CT molecular complexity index is 1570. The highest BCUT2D eigenvalue weighted by molar-refractivity contribution is 7.93. The summed E-state index contributed by atoms with van der Waals surface area (Å²) < 4.78 is 42.7. The zero-order chi connectivity index (χ0) is 28.5. The first-order chi connectivity index (χ1) is 19.2. The summed E-state index contributed by atoms with van der Waals surface area (Å²) in [5, 5.41) is 5.20. The van der Waals surface area contributed by atoms with Crippen molar-refractivity contribution in [1.29, 1.82) is 0 Å². The number of pyridine rings is 1. The summed E-state index contributed by atoms with van der Waals surface area (Å²) in [5.74, 6) is -3.49. The molecule has 40 heavy (non-hydrogen) atoms. The minimum atomic E-state index is -4.22. The van der Waals surface area contributed by atoms with Crippen LogP contribution in [0.2, 0.25) is 0 Å². The molecule has 2 amide bonds. The number of benzene rings is 2. The average Bonchev–Trinajstić information content (AvgIpc) is 3.39. The highest BCUT2D eigenvalue weighted by atomic mass is 32.2. The number of anilines is 1. The number of nitrogens with zero attached hydrogens (tertiary/aromatic N) is 4. The molecule has 1 atom stereocenters. The Balaban J connectivity index is 1.58. The Morgan fingerprint density at radius 2 is 1.77 bits per heavy atom. The molecule has 2 aromatic heterocycles. The van der Waals surface area contributed by atoms with Crippen molar-refractivity contribution < 1.29 is 22.4 Å². The molecule has 4 aromatic rings. The van der Waals surface area contributed by atoms with Crippen LogP contribution in [0, 0.1) is 11.7 Å². The molecule has 0 radical (unpaired) electrons. The molecule has 9 nitrogen and oxygen atoms in total. The van der Waals surface area contributed by atoms with E-state index in [-0.39, 0.29) is 13.0 Å². The molecule has 2 aromatic carbocycles. The molecule has 206 valence electrons. The number of hydrogen-bond acceptors (Lipinski definition) is 6. The predicted octanol–water partition coefficient (Wildman–Crippen LogP) is 3.79. The van der Waals surface area contributed by atoms with E-state index in [0.29, 0.717) is 23.4 Å². The van der Waals surface area contributed by atoms with Gasteiger partial charge in [-0.25, -0.2) is 17.5 Å². The van der Waals surface area contributed by atoms with Gasteiger partial charge in [-0.15, -0.1) is 0 Å². The second-order valence-electron chi connectivity index (χ2n) is 8.95. The van der Waals surface area contributed by atoms with E-state index in [4.69, 9.17) is 0 Å². The fourth-order valence-electron chi connectivity index (χ4n) is 4.06. The van der Waals surface area contributed by atoms with Crippen molar-refractivity contribution in [2.45, 2.75) is 19.9 Å². The van der Waals surface area contributed by atoms with Crippen LogP contribution in [0.5, 0.6) is 0 Å². The van der Waals surface area contributed by atoms with E-state index < -0.39 is 33.6 Å². The Morgan fingerprint density at radius 3 is 2.45 bits per heavy atom. The summed E-state index contributed by atoms with van der Waals surface area (Å²) in [6, 6.07) is 17.7. The Morgan fingerprint density at radius 1 is 1.02 bits per heavy atom. The predicted molar refractivity (Wildman–Crippen MR) is 150 cm³/mol.